The van der Waals surface area contributed by atoms with Gasteiger partial charge in [0, 0.05) is 48.9 Å². The van der Waals surface area contributed by atoms with E-state index in [0.29, 0.717) is 17.6 Å². The molecule has 1 aliphatic heterocycles. The van der Waals surface area contributed by atoms with Crippen LogP contribution in [0.5, 0.6) is 0 Å². The molecule has 0 atom stereocenters. The van der Waals surface area contributed by atoms with Gasteiger partial charge in [-0.15, -0.1) is 0 Å². The first-order chi connectivity index (χ1) is 16.2. The van der Waals surface area contributed by atoms with E-state index in [9.17, 15) is 4.79 Å². The van der Waals surface area contributed by atoms with Crippen LogP contribution in [0.25, 0.3) is 11.3 Å². The summed E-state index contributed by atoms with van der Waals surface area (Å²) in [4.78, 5) is 23.3. The molecule has 168 valence electrons. The molecule has 33 heavy (non-hydrogen) atoms. The Labute approximate surface area is 193 Å². The molecule has 2 N–H and O–H groups in total. The molecule has 1 fully saturated rings. The number of rotatable bonds is 7. The highest BCUT2D eigenvalue weighted by molar-refractivity contribution is 5.94. The van der Waals surface area contributed by atoms with Gasteiger partial charge in [0.2, 0.25) is 5.95 Å². The van der Waals surface area contributed by atoms with Crippen LogP contribution < -0.4 is 15.5 Å². The highest BCUT2D eigenvalue weighted by Crippen LogP contribution is 2.25. The maximum absolute atomic E-state index is 12.0. The lowest BCUT2D eigenvalue weighted by molar-refractivity contribution is 0.0819. The molecule has 0 saturated carbocycles. The highest BCUT2D eigenvalue weighted by atomic mass is 16.5. The largest absolute Gasteiger partial charge is 0.381 e. The third-order valence-electron chi connectivity index (χ3n) is 5.69. The van der Waals surface area contributed by atoms with Crippen LogP contribution in [0.1, 0.15) is 23.2 Å². The van der Waals surface area contributed by atoms with Crippen molar-refractivity contribution in [1.29, 1.82) is 5.26 Å². The number of ether oxygens (including phenoxy) is 1. The van der Waals surface area contributed by atoms with Crippen molar-refractivity contribution in [3.8, 4) is 17.3 Å². The zero-order chi connectivity index (χ0) is 23.0. The molecule has 8 nitrogen and oxygen atoms in total. The molecule has 8 heteroatoms. The molecule has 0 aliphatic carbocycles. The van der Waals surface area contributed by atoms with Gasteiger partial charge in [-0.3, -0.25) is 4.79 Å². The van der Waals surface area contributed by atoms with E-state index in [4.69, 9.17) is 10.00 Å². The first-order valence-corrected chi connectivity index (χ1v) is 10.9. The van der Waals surface area contributed by atoms with Crippen LogP contribution >= 0.6 is 0 Å². The van der Waals surface area contributed by atoms with Crippen LogP contribution in [0.3, 0.4) is 0 Å². The zero-order valence-electron chi connectivity index (χ0n) is 18.5. The normalized spacial score (nSPS) is 13.9. The Morgan fingerprint density at radius 2 is 1.85 bits per heavy atom. The number of nitrogens with zero attached hydrogens (tertiary/aromatic N) is 4. The van der Waals surface area contributed by atoms with Gasteiger partial charge in [0.25, 0.3) is 5.91 Å². The number of carbonyl (C=O) groups is 1. The second-order valence-electron chi connectivity index (χ2n) is 7.78. The summed E-state index contributed by atoms with van der Waals surface area (Å²) in [5.74, 6) is 0.219. The van der Waals surface area contributed by atoms with E-state index < -0.39 is 0 Å². The molecule has 0 unspecified atom stereocenters. The predicted octanol–water partition coefficient (Wildman–Crippen LogP) is 3.76. The first-order valence-electron chi connectivity index (χ1n) is 10.9. The summed E-state index contributed by atoms with van der Waals surface area (Å²) in [7, 11) is 1.78. The predicted molar refractivity (Wildman–Crippen MR) is 127 cm³/mol. The van der Waals surface area contributed by atoms with Crippen LogP contribution in [0, 0.1) is 11.3 Å². The van der Waals surface area contributed by atoms with E-state index in [2.05, 4.69) is 37.6 Å². The summed E-state index contributed by atoms with van der Waals surface area (Å²) in [6.07, 6.45) is 4.15. The van der Waals surface area contributed by atoms with Crippen LogP contribution in [0.4, 0.5) is 17.3 Å². The number of carbonyl (C=O) groups excluding carboxylic acids is 1. The summed E-state index contributed by atoms with van der Waals surface area (Å²) in [6.45, 7) is 1.97. The Balaban J connectivity index is 1.40. The fraction of sp³-hybridized carbons (Fsp3) is 0.280. The summed E-state index contributed by atoms with van der Waals surface area (Å²) in [5, 5.41) is 14.4. The van der Waals surface area contributed by atoms with Gasteiger partial charge in [-0.25, -0.2) is 9.97 Å². The zero-order valence-corrected chi connectivity index (χ0v) is 18.5. The number of methoxy groups -OCH3 is 1. The van der Waals surface area contributed by atoms with Gasteiger partial charge in [0.15, 0.2) is 0 Å². The lowest BCUT2D eigenvalue weighted by Gasteiger charge is -2.33. The molecule has 2 heterocycles. The van der Waals surface area contributed by atoms with Crippen molar-refractivity contribution in [1.82, 2.24) is 15.3 Å². The minimum Gasteiger partial charge on any atom is -0.381 e. The van der Waals surface area contributed by atoms with Gasteiger partial charge < -0.3 is 20.3 Å². The maximum Gasteiger partial charge on any atom is 0.252 e. The number of aromatic nitrogens is 2. The van der Waals surface area contributed by atoms with Crippen molar-refractivity contribution in [3.63, 3.8) is 0 Å². The van der Waals surface area contributed by atoms with Gasteiger partial charge in [-0.2, -0.15) is 5.26 Å². The average molecular weight is 443 g/mol. The Morgan fingerprint density at radius 1 is 1.12 bits per heavy atom. The Bertz CT molecular complexity index is 1120. The quantitative estimate of drug-likeness (QED) is 0.537. The maximum atomic E-state index is 12.0. The Morgan fingerprint density at radius 3 is 2.52 bits per heavy atom. The fourth-order valence-corrected chi connectivity index (χ4v) is 3.83. The van der Waals surface area contributed by atoms with E-state index in [1.807, 2.05) is 36.4 Å². The third-order valence-corrected chi connectivity index (χ3v) is 5.69. The molecule has 1 aromatic heterocycles. The molecule has 3 aromatic rings. The summed E-state index contributed by atoms with van der Waals surface area (Å²) in [6, 6.07) is 19.1. The number of hydrogen-bond acceptors (Lipinski definition) is 7. The molecule has 1 amide bonds. The first kappa shape index (κ1) is 22.2. The minimum absolute atomic E-state index is 0.0190. The van der Waals surface area contributed by atoms with E-state index in [-0.39, 0.29) is 12.5 Å². The van der Waals surface area contributed by atoms with E-state index in [0.717, 1.165) is 42.9 Å². The molecule has 2 aromatic carbocycles. The molecule has 0 spiro atoms. The lowest BCUT2D eigenvalue weighted by atomic mass is 10.1. The van der Waals surface area contributed by atoms with Crippen molar-refractivity contribution in [2.75, 3.05) is 37.0 Å². The van der Waals surface area contributed by atoms with Crippen molar-refractivity contribution in [3.05, 3.63) is 66.4 Å². The number of piperidine rings is 1. The number of nitriles is 1. The average Bonchev–Trinajstić information content (AvgIpc) is 2.88. The van der Waals surface area contributed by atoms with Crippen molar-refractivity contribution < 1.29 is 9.53 Å². The molecule has 1 saturated heterocycles. The van der Waals surface area contributed by atoms with Gasteiger partial charge >= 0.3 is 0 Å². The molecule has 1 aliphatic rings. The molecule has 4 rings (SSSR count). The summed E-state index contributed by atoms with van der Waals surface area (Å²) in [5.41, 5.74) is 4.21. The number of amides is 1. The van der Waals surface area contributed by atoms with Gasteiger partial charge in [-0.05, 0) is 55.3 Å². The smallest absolute Gasteiger partial charge is 0.252 e. The Kier molecular flexibility index (Phi) is 7.12. The number of hydrogen-bond donors (Lipinski definition) is 2. The van der Waals surface area contributed by atoms with Crippen molar-refractivity contribution in [2.24, 2.45) is 0 Å². The van der Waals surface area contributed by atoms with Crippen molar-refractivity contribution in [2.45, 2.75) is 18.9 Å². The SMILES string of the molecule is COC1CCN(c2ccc(Nc3nccc(-c4ccc(C(=O)NCC#N)cc4)n3)cc2)CC1. The summed E-state index contributed by atoms with van der Waals surface area (Å²) >= 11 is 0. The third kappa shape index (κ3) is 5.64. The van der Waals surface area contributed by atoms with E-state index in [1.54, 1.807) is 25.4 Å². The van der Waals surface area contributed by atoms with Crippen LogP contribution in [0.15, 0.2) is 60.8 Å². The van der Waals surface area contributed by atoms with E-state index in [1.165, 1.54) is 5.69 Å². The standard InChI is InChI=1S/C25H26N6O2/c1-33-22-11-16-31(17-12-22)21-8-6-20(7-9-21)29-25-28-14-10-23(30-25)18-2-4-19(5-3-18)24(32)27-15-13-26/h2-10,14,22H,11-12,15-17H2,1H3,(H,27,32)(H,28,29,30). The molecular formula is C25H26N6O2. The van der Waals surface area contributed by atoms with Gasteiger partial charge in [-0.1, -0.05) is 12.1 Å². The van der Waals surface area contributed by atoms with Gasteiger partial charge in [0.1, 0.15) is 6.54 Å². The van der Waals surface area contributed by atoms with Crippen LogP contribution in [-0.4, -0.2) is 48.7 Å². The second-order valence-corrected chi connectivity index (χ2v) is 7.78. The van der Waals surface area contributed by atoms with Crippen molar-refractivity contribution >= 4 is 23.2 Å². The summed E-state index contributed by atoms with van der Waals surface area (Å²) < 4.78 is 5.45. The fourth-order valence-electron chi connectivity index (χ4n) is 3.83. The number of anilines is 3. The van der Waals surface area contributed by atoms with Gasteiger partial charge in [0.05, 0.1) is 17.9 Å². The second kappa shape index (κ2) is 10.6. The lowest BCUT2D eigenvalue weighted by Crippen LogP contribution is -2.36. The highest BCUT2D eigenvalue weighted by Gasteiger charge is 2.18. The van der Waals surface area contributed by atoms with Crippen LogP contribution in [0.2, 0.25) is 0 Å². The van der Waals surface area contributed by atoms with E-state index >= 15 is 0 Å². The Hall–Kier alpha value is -3.96. The number of nitrogens with one attached hydrogen (secondary N) is 2. The monoisotopic (exact) mass is 442 g/mol. The molecular weight excluding hydrogens is 416 g/mol. The molecule has 0 radical (unpaired) electrons. The topological polar surface area (TPSA) is 103 Å². The molecule has 0 bridgehead atoms. The number of benzene rings is 2. The van der Waals surface area contributed by atoms with Crippen LogP contribution in [-0.2, 0) is 4.74 Å². The minimum atomic E-state index is -0.278.